The molecule has 0 spiro atoms. The summed E-state index contributed by atoms with van der Waals surface area (Å²) in [6.45, 7) is 3.72. The van der Waals surface area contributed by atoms with Gasteiger partial charge in [0.15, 0.2) is 5.16 Å². The van der Waals surface area contributed by atoms with Crippen LogP contribution in [-0.2, 0) is 4.79 Å². The lowest BCUT2D eigenvalue weighted by molar-refractivity contribution is -0.115. The maximum atomic E-state index is 12.5. The fourth-order valence-corrected chi connectivity index (χ4v) is 3.30. The van der Waals surface area contributed by atoms with E-state index in [1.807, 2.05) is 50.2 Å². The predicted molar refractivity (Wildman–Crippen MR) is 107 cm³/mol. The first-order valence-electron chi connectivity index (χ1n) is 8.44. The monoisotopic (exact) mass is 374 g/mol. The van der Waals surface area contributed by atoms with Crippen LogP contribution in [0.15, 0.2) is 65.8 Å². The molecule has 6 heteroatoms. The van der Waals surface area contributed by atoms with Gasteiger partial charge in [-0.3, -0.25) is 4.79 Å². The van der Waals surface area contributed by atoms with Crippen molar-refractivity contribution in [3.8, 4) is 17.3 Å². The summed E-state index contributed by atoms with van der Waals surface area (Å²) in [5.41, 5.74) is 3.79. The summed E-state index contributed by atoms with van der Waals surface area (Å²) in [5, 5.41) is 12.0. The third-order valence-corrected chi connectivity index (χ3v) is 4.77. The minimum Gasteiger partial charge on any atom is -0.325 e. The lowest BCUT2D eigenvalue weighted by Gasteiger charge is -2.12. The van der Waals surface area contributed by atoms with Crippen molar-refractivity contribution in [1.82, 2.24) is 9.97 Å². The zero-order valence-corrected chi connectivity index (χ0v) is 15.8. The zero-order chi connectivity index (χ0) is 19.2. The molecule has 0 radical (unpaired) electrons. The Hall–Kier alpha value is -3.17. The molecule has 1 heterocycles. The Morgan fingerprint density at radius 3 is 2.63 bits per heavy atom. The van der Waals surface area contributed by atoms with E-state index < -0.39 is 0 Å². The average Bonchev–Trinajstić information content (AvgIpc) is 2.68. The number of amides is 1. The van der Waals surface area contributed by atoms with Gasteiger partial charge >= 0.3 is 0 Å². The normalized spacial score (nSPS) is 11.4. The van der Waals surface area contributed by atoms with E-state index in [9.17, 15) is 4.79 Å². The quantitative estimate of drug-likeness (QED) is 0.527. The Morgan fingerprint density at radius 2 is 1.89 bits per heavy atom. The van der Waals surface area contributed by atoms with Crippen LogP contribution in [0.3, 0.4) is 0 Å². The zero-order valence-electron chi connectivity index (χ0n) is 15.0. The van der Waals surface area contributed by atoms with Gasteiger partial charge in [-0.05, 0) is 38.1 Å². The van der Waals surface area contributed by atoms with Crippen molar-refractivity contribution in [2.24, 2.45) is 0 Å². The number of aryl methyl sites for hydroxylation is 1. The lowest BCUT2D eigenvalue weighted by Crippen LogP contribution is -2.22. The minimum atomic E-state index is -0.388. The van der Waals surface area contributed by atoms with Gasteiger partial charge in [0.2, 0.25) is 5.91 Å². The van der Waals surface area contributed by atoms with E-state index in [1.54, 1.807) is 24.3 Å². The molecule has 0 bridgehead atoms. The van der Waals surface area contributed by atoms with Crippen molar-refractivity contribution in [1.29, 1.82) is 5.26 Å². The molecule has 0 saturated carbocycles. The number of hydrogen-bond acceptors (Lipinski definition) is 5. The first-order valence-corrected chi connectivity index (χ1v) is 9.32. The standard InChI is InChI=1S/C21H18N4OS/c1-14-11-19(17-8-4-3-5-9-17)25-21(23-14)27-15(2)20(26)24-18-10-6-7-16(12-18)13-22/h3-12,15H,1-2H3,(H,24,26)/t15-/m1/s1. The fourth-order valence-electron chi connectivity index (χ4n) is 2.47. The van der Waals surface area contributed by atoms with Gasteiger partial charge in [0.25, 0.3) is 0 Å². The van der Waals surface area contributed by atoms with E-state index >= 15 is 0 Å². The molecule has 0 unspecified atom stereocenters. The van der Waals surface area contributed by atoms with E-state index in [0.29, 0.717) is 16.4 Å². The second-order valence-corrected chi connectivity index (χ2v) is 7.29. The number of rotatable bonds is 5. The largest absolute Gasteiger partial charge is 0.325 e. The summed E-state index contributed by atoms with van der Waals surface area (Å²) < 4.78 is 0. The van der Waals surface area contributed by atoms with Crippen LogP contribution in [0.5, 0.6) is 0 Å². The molecule has 27 heavy (non-hydrogen) atoms. The molecule has 1 aromatic heterocycles. The highest BCUT2D eigenvalue weighted by molar-refractivity contribution is 8.00. The maximum absolute atomic E-state index is 12.5. The van der Waals surface area contributed by atoms with Crippen molar-refractivity contribution < 1.29 is 4.79 Å². The van der Waals surface area contributed by atoms with Crippen LogP contribution in [-0.4, -0.2) is 21.1 Å². The Balaban J connectivity index is 1.73. The number of benzene rings is 2. The number of aromatic nitrogens is 2. The summed E-state index contributed by atoms with van der Waals surface area (Å²) in [5.74, 6) is -0.165. The van der Waals surface area contributed by atoms with Gasteiger partial charge in [0, 0.05) is 16.9 Å². The predicted octanol–water partition coefficient (Wildman–Crippen LogP) is 4.44. The molecule has 5 nitrogen and oxygen atoms in total. The highest BCUT2D eigenvalue weighted by Crippen LogP contribution is 2.25. The average molecular weight is 374 g/mol. The maximum Gasteiger partial charge on any atom is 0.237 e. The Bertz CT molecular complexity index is 999. The molecule has 0 aliphatic heterocycles. The molecule has 0 aliphatic rings. The summed E-state index contributed by atoms with van der Waals surface area (Å²) in [7, 11) is 0. The van der Waals surface area contributed by atoms with Crippen LogP contribution in [0.4, 0.5) is 5.69 Å². The van der Waals surface area contributed by atoms with Crippen molar-refractivity contribution >= 4 is 23.4 Å². The van der Waals surface area contributed by atoms with Crippen LogP contribution in [0.1, 0.15) is 18.2 Å². The van der Waals surface area contributed by atoms with Gasteiger partial charge < -0.3 is 5.32 Å². The van der Waals surface area contributed by atoms with E-state index in [1.165, 1.54) is 11.8 Å². The van der Waals surface area contributed by atoms with Crippen LogP contribution in [0.2, 0.25) is 0 Å². The van der Waals surface area contributed by atoms with E-state index in [2.05, 4.69) is 21.4 Å². The molecule has 0 fully saturated rings. The molecule has 0 saturated heterocycles. The third kappa shape index (κ3) is 4.93. The number of nitriles is 1. The summed E-state index contributed by atoms with van der Waals surface area (Å²) in [6.07, 6.45) is 0. The first-order chi connectivity index (χ1) is 13.0. The van der Waals surface area contributed by atoms with Gasteiger partial charge in [-0.15, -0.1) is 0 Å². The molecule has 3 rings (SSSR count). The number of nitrogens with zero attached hydrogens (tertiary/aromatic N) is 3. The first kappa shape index (κ1) is 18.6. The molecular formula is C21H18N4OS. The second kappa shape index (κ2) is 8.47. The number of thioether (sulfide) groups is 1. The smallest absolute Gasteiger partial charge is 0.237 e. The Labute approximate surface area is 162 Å². The van der Waals surface area contributed by atoms with Gasteiger partial charge in [0.1, 0.15) is 0 Å². The van der Waals surface area contributed by atoms with Crippen LogP contribution >= 0.6 is 11.8 Å². The number of carbonyl (C=O) groups is 1. The molecular weight excluding hydrogens is 356 g/mol. The second-order valence-electron chi connectivity index (χ2n) is 5.99. The van der Waals surface area contributed by atoms with Crippen LogP contribution in [0, 0.1) is 18.3 Å². The molecule has 0 aliphatic carbocycles. The minimum absolute atomic E-state index is 0.165. The summed E-state index contributed by atoms with van der Waals surface area (Å²) in [6, 6.07) is 20.7. The van der Waals surface area contributed by atoms with Gasteiger partial charge in [0.05, 0.1) is 22.6 Å². The molecule has 1 atom stereocenters. The Kier molecular flexibility index (Phi) is 5.84. The van der Waals surface area contributed by atoms with Gasteiger partial charge in [-0.1, -0.05) is 48.2 Å². The van der Waals surface area contributed by atoms with Crippen molar-refractivity contribution in [2.45, 2.75) is 24.3 Å². The van der Waals surface area contributed by atoms with Crippen molar-refractivity contribution in [3.05, 3.63) is 71.9 Å². The molecule has 3 aromatic rings. The lowest BCUT2D eigenvalue weighted by atomic mass is 10.1. The van der Waals surface area contributed by atoms with Crippen molar-refractivity contribution in [3.63, 3.8) is 0 Å². The van der Waals surface area contributed by atoms with E-state index in [-0.39, 0.29) is 11.2 Å². The van der Waals surface area contributed by atoms with Gasteiger partial charge in [-0.2, -0.15) is 5.26 Å². The molecule has 1 N–H and O–H groups in total. The molecule has 2 aromatic carbocycles. The Morgan fingerprint density at radius 1 is 1.11 bits per heavy atom. The summed E-state index contributed by atoms with van der Waals surface area (Å²) >= 11 is 1.30. The van der Waals surface area contributed by atoms with Crippen molar-refractivity contribution in [2.75, 3.05) is 5.32 Å². The highest BCUT2D eigenvalue weighted by Gasteiger charge is 2.17. The fraction of sp³-hybridized carbons (Fsp3) is 0.143. The van der Waals surface area contributed by atoms with E-state index in [4.69, 9.17) is 5.26 Å². The highest BCUT2D eigenvalue weighted by atomic mass is 32.2. The number of carbonyl (C=O) groups excluding carboxylic acids is 1. The number of nitrogens with one attached hydrogen (secondary N) is 1. The SMILES string of the molecule is Cc1cc(-c2ccccc2)nc(S[C@H](C)C(=O)Nc2cccc(C#N)c2)n1. The molecule has 134 valence electrons. The molecule has 1 amide bonds. The number of hydrogen-bond donors (Lipinski definition) is 1. The van der Waals surface area contributed by atoms with E-state index in [0.717, 1.165) is 17.0 Å². The third-order valence-electron chi connectivity index (χ3n) is 3.81. The van der Waals surface area contributed by atoms with Crippen LogP contribution < -0.4 is 5.32 Å². The number of anilines is 1. The van der Waals surface area contributed by atoms with Gasteiger partial charge in [-0.25, -0.2) is 9.97 Å². The summed E-state index contributed by atoms with van der Waals surface area (Å²) in [4.78, 5) is 21.5. The van der Waals surface area contributed by atoms with Crippen LogP contribution in [0.25, 0.3) is 11.3 Å². The topological polar surface area (TPSA) is 78.7 Å².